The Morgan fingerprint density at radius 3 is 2.74 bits per heavy atom. The van der Waals surface area contributed by atoms with Crippen LogP contribution < -0.4 is 0 Å². The molecule has 4 nitrogen and oxygen atoms in total. The average Bonchev–Trinajstić information content (AvgIpc) is 2.75. The first-order chi connectivity index (χ1) is 8.97. The summed E-state index contributed by atoms with van der Waals surface area (Å²) in [6.45, 7) is 6.58. The SMILES string of the molecule is CC1CCC(C(C)C)C(OC(=O)C2OC(O)CS2)C1. The van der Waals surface area contributed by atoms with E-state index in [1.165, 1.54) is 18.2 Å². The van der Waals surface area contributed by atoms with E-state index < -0.39 is 11.7 Å². The molecule has 5 heteroatoms. The Bertz CT molecular complexity index is 321. The number of carbonyl (C=O) groups excluding carboxylic acids is 1. The number of carbonyl (C=O) groups is 1. The molecule has 0 radical (unpaired) electrons. The van der Waals surface area contributed by atoms with Gasteiger partial charge in [0, 0.05) is 5.75 Å². The van der Waals surface area contributed by atoms with Crippen molar-refractivity contribution in [2.24, 2.45) is 17.8 Å². The molecule has 0 bridgehead atoms. The normalized spacial score (nSPS) is 39.5. The van der Waals surface area contributed by atoms with Crippen LogP contribution in [0.5, 0.6) is 0 Å². The van der Waals surface area contributed by atoms with E-state index in [0.717, 1.165) is 12.8 Å². The summed E-state index contributed by atoms with van der Waals surface area (Å²) in [5.41, 5.74) is -0.653. The van der Waals surface area contributed by atoms with Gasteiger partial charge in [-0.05, 0) is 30.6 Å². The van der Waals surface area contributed by atoms with E-state index in [0.29, 0.717) is 23.5 Å². The van der Waals surface area contributed by atoms with Gasteiger partial charge < -0.3 is 14.6 Å². The smallest absolute Gasteiger partial charge is 0.346 e. The topological polar surface area (TPSA) is 55.8 Å². The minimum absolute atomic E-state index is 0.00167. The maximum Gasteiger partial charge on any atom is 0.346 e. The maximum absolute atomic E-state index is 12.1. The molecule has 1 aliphatic heterocycles. The van der Waals surface area contributed by atoms with E-state index in [1.807, 2.05) is 0 Å². The van der Waals surface area contributed by atoms with Crippen molar-refractivity contribution >= 4 is 17.7 Å². The van der Waals surface area contributed by atoms with Crippen molar-refractivity contribution in [1.82, 2.24) is 0 Å². The van der Waals surface area contributed by atoms with E-state index in [-0.39, 0.29) is 12.1 Å². The van der Waals surface area contributed by atoms with Crippen molar-refractivity contribution in [3.63, 3.8) is 0 Å². The van der Waals surface area contributed by atoms with Crippen LogP contribution in [0.4, 0.5) is 0 Å². The zero-order valence-corrected chi connectivity index (χ0v) is 12.7. The van der Waals surface area contributed by atoms with Gasteiger partial charge in [0.1, 0.15) is 6.10 Å². The highest BCUT2D eigenvalue weighted by Gasteiger charge is 2.37. The summed E-state index contributed by atoms with van der Waals surface area (Å²) < 4.78 is 10.8. The Morgan fingerprint density at radius 2 is 2.16 bits per heavy atom. The first-order valence-corrected chi connectivity index (χ1v) is 8.18. The van der Waals surface area contributed by atoms with Crippen LogP contribution in [0, 0.1) is 17.8 Å². The van der Waals surface area contributed by atoms with Gasteiger partial charge in [0.15, 0.2) is 6.29 Å². The van der Waals surface area contributed by atoms with Gasteiger partial charge in [-0.25, -0.2) is 4.79 Å². The Balaban J connectivity index is 1.92. The highest BCUT2D eigenvalue weighted by molar-refractivity contribution is 8.00. The fourth-order valence-electron chi connectivity index (χ4n) is 2.97. The summed E-state index contributed by atoms with van der Waals surface area (Å²) in [7, 11) is 0. The van der Waals surface area contributed by atoms with Gasteiger partial charge in [-0.1, -0.05) is 27.2 Å². The van der Waals surface area contributed by atoms with Crippen molar-refractivity contribution in [3.05, 3.63) is 0 Å². The Labute approximate surface area is 119 Å². The van der Waals surface area contributed by atoms with Crippen LogP contribution in [0.1, 0.15) is 40.0 Å². The molecule has 0 aromatic carbocycles. The van der Waals surface area contributed by atoms with Crippen molar-refractivity contribution in [3.8, 4) is 0 Å². The van der Waals surface area contributed by atoms with Crippen LogP contribution in [0.3, 0.4) is 0 Å². The standard InChI is InChI=1S/C14H24O4S/c1-8(2)10-5-4-9(3)6-11(10)17-13(16)14-18-12(15)7-19-14/h8-12,14-15H,4-7H2,1-3H3. The Kier molecular flexibility index (Phi) is 5.15. The summed E-state index contributed by atoms with van der Waals surface area (Å²) in [6.07, 6.45) is 2.43. The molecule has 5 atom stereocenters. The van der Waals surface area contributed by atoms with E-state index in [2.05, 4.69) is 20.8 Å². The average molecular weight is 288 g/mol. The van der Waals surface area contributed by atoms with Gasteiger partial charge in [0.2, 0.25) is 5.44 Å². The first kappa shape index (κ1) is 15.1. The summed E-state index contributed by atoms with van der Waals surface area (Å²) in [4.78, 5) is 12.1. The van der Waals surface area contributed by atoms with Crippen LogP contribution in [0.25, 0.3) is 0 Å². The third-order valence-corrected chi connectivity index (χ3v) is 5.18. The fourth-order valence-corrected chi connectivity index (χ4v) is 3.79. The van der Waals surface area contributed by atoms with Gasteiger partial charge >= 0.3 is 5.97 Å². The molecule has 2 fully saturated rings. The lowest BCUT2D eigenvalue weighted by Crippen LogP contribution is -2.38. The second-order valence-electron chi connectivity index (χ2n) is 6.06. The molecule has 1 heterocycles. The molecule has 0 spiro atoms. The van der Waals surface area contributed by atoms with E-state index >= 15 is 0 Å². The lowest BCUT2D eigenvalue weighted by atomic mass is 9.75. The third-order valence-electron chi connectivity index (χ3n) is 4.09. The molecule has 1 N–H and O–H groups in total. The molecule has 5 unspecified atom stereocenters. The Morgan fingerprint density at radius 1 is 1.42 bits per heavy atom. The van der Waals surface area contributed by atoms with E-state index in [1.54, 1.807) is 0 Å². The predicted octanol–water partition coefficient (Wildman–Crippen LogP) is 2.40. The third kappa shape index (κ3) is 3.86. The molecule has 1 saturated carbocycles. The molecule has 1 aliphatic carbocycles. The molecule has 2 aliphatic rings. The molecule has 0 aromatic heterocycles. The van der Waals surface area contributed by atoms with Crippen LogP contribution in [0.2, 0.25) is 0 Å². The number of aliphatic hydroxyl groups is 1. The van der Waals surface area contributed by atoms with Crippen LogP contribution in [-0.2, 0) is 14.3 Å². The number of hydrogen-bond acceptors (Lipinski definition) is 5. The molecule has 110 valence electrons. The van der Waals surface area contributed by atoms with Gasteiger partial charge in [-0.15, -0.1) is 11.8 Å². The maximum atomic E-state index is 12.1. The van der Waals surface area contributed by atoms with Crippen molar-refractivity contribution in [2.45, 2.75) is 57.9 Å². The van der Waals surface area contributed by atoms with E-state index in [4.69, 9.17) is 9.47 Å². The lowest BCUT2D eigenvalue weighted by molar-refractivity contribution is -0.172. The summed E-state index contributed by atoms with van der Waals surface area (Å²) in [6, 6.07) is 0. The zero-order chi connectivity index (χ0) is 14.0. The molecule has 19 heavy (non-hydrogen) atoms. The molecule has 0 aromatic rings. The number of thioether (sulfide) groups is 1. The second-order valence-corrected chi connectivity index (χ2v) is 7.15. The van der Waals surface area contributed by atoms with Crippen molar-refractivity contribution < 1.29 is 19.4 Å². The van der Waals surface area contributed by atoms with Crippen LogP contribution >= 0.6 is 11.8 Å². The zero-order valence-electron chi connectivity index (χ0n) is 11.9. The first-order valence-electron chi connectivity index (χ1n) is 7.13. The van der Waals surface area contributed by atoms with Gasteiger partial charge in [-0.3, -0.25) is 0 Å². The quantitative estimate of drug-likeness (QED) is 0.808. The summed E-state index contributed by atoms with van der Waals surface area (Å²) in [5, 5.41) is 9.29. The van der Waals surface area contributed by atoms with Crippen LogP contribution in [0.15, 0.2) is 0 Å². The minimum Gasteiger partial charge on any atom is -0.459 e. The minimum atomic E-state index is -0.839. The van der Waals surface area contributed by atoms with Gasteiger partial charge in [0.05, 0.1) is 0 Å². The summed E-state index contributed by atoms with van der Waals surface area (Å²) in [5.74, 6) is 1.68. The Hall–Kier alpha value is -0.260. The predicted molar refractivity (Wildman–Crippen MR) is 74.6 cm³/mol. The van der Waals surface area contributed by atoms with Crippen molar-refractivity contribution in [1.29, 1.82) is 0 Å². The fraction of sp³-hybridized carbons (Fsp3) is 0.929. The van der Waals surface area contributed by atoms with Crippen molar-refractivity contribution in [2.75, 3.05) is 5.75 Å². The molecular formula is C14H24O4S. The molecular weight excluding hydrogens is 264 g/mol. The van der Waals surface area contributed by atoms with Gasteiger partial charge in [0.25, 0.3) is 0 Å². The highest BCUT2D eigenvalue weighted by atomic mass is 32.2. The number of aliphatic hydroxyl groups excluding tert-OH is 1. The largest absolute Gasteiger partial charge is 0.459 e. The number of esters is 1. The number of hydrogen-bond donors (Lipinski definition) is 1. The summed E-state index contributed by atoms with van der Waals surface area (Å²) >= 11 is 1.31. The van der Waals surface area contributed by atoms with Crippen LogP contribution in [-0.4, -0.2) is 34.7 Å². The molecule has 2 rings (SSSR count). The van der Waals surface area contributed by atoms with Gasteiger partial charge in [-0.2, -0.15) is 0 Å². The monoisotopic (exact) mass is 288 g/mol. The molecule has 1 saturated heterocycles. The number of rotatable bonds is 3. The second kappa shape index (κ2) is 6.46. The number of ether oxygens (including phenoxy) is 2. The highest BCUT2D eigenvalue weighted by Crippen LogP contribution is 2.36. The lowest BCUT2D eigenvalue weighted by Gasteiger charge is -2.37. The van der Waals surface area contributed by atoms with E-state index in [9.17, 15) is 9.90 Å². The molecule has 0 amide bonds.